The Morgan fingerprint density at radius 2 is 2.35 bits per heavy atom. The van der Waals surface area contributed by atoms with Gasteiger partial charge in [-0.3, -0.25) is 14.8 Å². The molecular formula is C10H19N5O2. The van der Waals surface area contributed by atoms with Crippen molar-refractivity contribution in [2.24, 2.45) is 5.73 Å². The molecule has 0 atom stereocenters. The molecule has 0 aromatic carbocycles. The molecule has 0 saturated heterocycles. The topological polar surface area (TPSA) is 106 Å². The standard InChI is InChI=1S/C10H19N5O2/c1-10(2,9(11)17)12-6-8-7-15(14-13-8)4-3-5-16/h7,12,16H,3-6H2,1-2H3,(H2,11,17). The predicted molar refractivity (Wildman–Crippen MR) is 61.8 cm³/mol. The monoisotopic (exact) mass is 241 g/mol. The molecule has 0 aliphatic carbocycles. The van der Waals surface area contributed by atoms with Gasteiger partial charge in [0, 0.05) is 25.9 Å². The maximum Gasteiger partial charge on any atom is 0.237 e. The summed E-state index contributed by atoms with van der Waals surface area (Å²) < 4.78 is 1.66. The quantitative estimate of drug-likeness (QED) is 0.568. The summed E-state index contributed by atoms with van der Waals surface area (Å²) in [5.74, 6) is -0.412. The van der Waals surface area contributed by atoms with E-state index in [2.05, 4.69) is 15.6 Å². The minimum Gasteiger partial charge on any atom is -0.396 e. The number of nitrogens with zero attached hydrogens (tertiary/aromatic N) is 3. The summed E-state index contributed by atoms with van der Waals surface area (Å²) >= 11 is 0. The van der Waals surface area contributed by atoms with Crippen molar-refractivity contribution in [1.82, 2.24) is 20.3 Å². The summed E-state index contributed by atoms with van der Waals surface area (Å²) in [6, 6.07) is 0. The van der Waals surface area contributed by atoms with Crippen LogP contribution in [0.1, 0.15) is 26.0 Å². The van der Waals surface area contributed by atoms with E-state index in [1.165, 1.54) is 0 Å². The highest BCUT2D eigenvalue weighted by Crippen LogP contribution is 2.03. The molecule has 0 aliphatic heterocycles. The average Bonchev–Trinajstić information content (AvgIpc) is 2.71. The van der Waals surface area contributed by atoms with Gasteiger partial charge >= 0.3 is 0 Å². The van der Waals surface area contributed by atoms with Gasteiger partial charge in [-0.15, -0.1) is 5.10 Å². The molecule has 1 aromatic heterocycles. The summed E-state index contributed by atoms with van der Waals surface area (Å²) in [7, 11) is 0. The third-order valence-corrected chi connectivity index (χ3v) is 2.46. The van der Waals surface area contributed by atoms with E-state index < -0.39 is 11.4 Å². The van der Waals surface area contributed by atoms with Crippen LogP contribution in [0.5, 0.6) is 0 Å². The third-order valence-electron chi connectivity index (χ3n) is 2.46. The van der Waals surface area contributed by atoms with E-state index in [0.717, 1.165) is 5.69 Å². The van der Waals surface area contributed by atoms with Crippen molar-refractivity contribution in [2.75, 3.05) is 6.61 Å². The summed E-state index contributed by atoms with van der Waals surface area (Å²) in [6.45, 7) is 4.61. The molecular weight excluding hydrogens is 222 g/mol. The number of aryl methyl sites for hydroxylation is 1. The number of amides is 1. The number of nitrogens with one attached hydrogen (secondary N) is 1. The van der Waals surface area contributed by atoms with E-state index in [1.54, 1.807) is 24.7 Å². The minimum absolute atomic E-state index is 0.127. The second-order valence-electron chi connectivity index (χ2n) is 4.39. The fourth-order valence-electron chi connectivity index (χ4n) is 1.16. The highest BCUT2D eigenvalue weighted by Gasteiger charge is 2.23. The molecule has 7 heteroatoms. The Bertz CT molecular complexity index is 375. The van der Waals surface area contributed by atoms with Crippen LogP contribution < -0.4 is 11.1 Å². The first-order valence-corrected chi connectivity index (χ1v) is 5.50. The average molecular weight is 241 g/mol. The molecule has 1 amide bonds. The Balaban J connectivity index is 2.47. The highest BCUT2D eigenvalue weighted by atomic mass is 16.3. The summed E-state index contributed by atoms with van der Waals surface area (Å²) in [6.07, 6.45) is 2.42. The van der Waals surface area contributed by atoms with Gasteiger partial charge in [0.05, 0.1) is 11.2 Å². The summed E-state index contributed by atoms with van der Waals surface area (Å²) in [5, 5.41) is 19.5. The summed E-state index contributed by atoms with van der Waals surface area (Å²) in [4.78, 5) is 11.1. The molecule has 0 radical (unpaired) electrons. The first-order chi connectivity index (χ1) is 7.95. The normalized spacial score (nSPS) is 11.7. The number of rotatable bonds is 7. The Labute approximate surface area is 100.0 Å². The second kappa shape index (κ2) is 5.74. The van der Waals surface area contributed by atoms with Gasteiger partial charge in [0.1, 0.15) is 0 Å². The largest absolute Gasteiger partial charge is 0.396 e. The lowest BCUT2D eigenvalue weighted by Gasteiger charge is -2.21. The van der Waals surface area contributed by atoms with Crippen molar-refractivity contribution in [3.8, 4) is 0 Å². The first-order valence-electron chi connectivity index (χ1n) is 5.50. The van der Waals surface area contributed by atoms with Crippen LogP contribution in [0, 0.1) is 0 Å². The fraction of sp³-hybridized carbons (Fsp3) is 0.700. The molecule has 0 bridgehead atoms. The van der Waals surface area contributed by atoms with E-state index in [4.69, 9.17) is 10.8 Å². The number of hydrogen-bond donors (Lipinski definition) is 3. The number of nitrogens with two attached hydrogens (primary N) is 1. The molecule has 4 N–H and O–H groups in total. The van der Waals surface area contributed by atoms with Crippen molar-refractivity contribution in [2.45, 2.75) is 38.9 Å². The van der Waals surface area contributed by atoms with E-state index in [0.29, 0.717) is 19.5 Å². The first kappa shape index (κ1) is 13.6. The van der Waals surface area contributed by atoms with E-state index in [9.17, 15) is 4.79 Å². The molecule has 1 aromatic rings. The van der Waals surface area contributed by atoms with Gasteiger partial charge < -0.3 is 10.8 Å². The van der Waals surface area contributed by atoms with Crippen molar-refractivity contribution in [3.05, 3.63) is 11.9 Å². The number of carbonyl (C=O) groups is 1. The highest BCUT2D eigenvalue weighted by molar-refractivity contribution is 5.83. The maximum atomic E-state index is 11.1. The van der Waals surface area contributed by atoms with Gasteiger partial charge in [-0.05, 0) is 20.3 Å². The Hall–Kier alpha value is -1.47. The van der Waals surface area contributed by atoms with Crippen LogP contribution in [0.4, 0.5) is 0 Å². The van der Waals surface area contributed by atoms with Crippen LogP contribution in [0.25, 0.3) is 0 Å². The van der Waals surface area contributed by atoms with Crippen molar-refractivity contribution in [1.29, 1.82) is 0 Å². The zero-order valence-corrected chi connectivity index (χ0v) is 10.2. The number of carbonyl (C=O) groups excluding carboxylic acids is 1. The van der Waals surface area contributed by atoms with Gasteiger partial charge in [0.2, 0.25) is 5.91 Å². The number of aliphatic hydroxyl groups excluding tert-OH is 1. The van der Waals surface area contributed by atoms with Gasteiger partial charge in [0.15, 0.2) is 0 Å². The Morgan fingerprint density at radius 1 is 1.65 bits per heavy atom. The molecule has 1 rings (SSSR count). The molecule has 0 aliphatic rings. The SMILES string of the molecule is CC(C)(NCc1cn(CCCO)nn1)C(N)=O. The summed E-state index contributed by atoms with van der Waals surface area (Å²) in [5.41, 5.74) is 5.20. The predicted octanol–water partition coefficient (Wildman–Crippen LogP) is -0.986. The number of aromatic nitrogens is 3. The molecule has 0 unspecified atom stereocenters. The van der Waals surface area contributed by atoms with E-state index >= 15 is 0 Å². The molecule has 96 valence electrons. The van der Waals surface area contributed by atoms with Gasteiger partial charge in [0.25, 0.3) is 0 Å². The number of hydrogen-bond acceptors (Lipinski definition) is 5. The molecule has 0 spiro atoms. The molecule has 0 saturated carbocycles. The molecule has 0 fully saturated rings. The van der Waals surface area contributed by atoms with Crippen LogP contribution in [0.15, 0.2) is 6.20 Å². The number of aliphatic hydroxyl groups is 1. The molecule has 7 nitrogen and oxygen atoms in total. The third kappa shape index (κ3) is 4.12. The van der Waals surface area contributed by atoms with Gasteiger partial charge in [-0.25, -0.2) is 0 Å². The maximum absolute atomic E-state index is 11.1. The van der Waals surface area contributed by atoms with Crippen molar-refractivity contribution < 1.29 is 9.90 Å². The van der Waals surface area contributed by atoms with Crippen LogP contribution in [-0.4, -0.2) is 38.2 Å². The zero-order chi connectivity index (χ0) is 12.9. The van der Waals surface area contributed by atoms with Crippen molar-refractivity contribution in [3.63, 3.8) is 0 Å². The smallest absolute Gasteiger partial charge is 0.237 e. The van der Waals surface area contributed by atoms with Crippen LogP contribution in [0.3, 0.4) is 0 Å². The fourth-order valence-corrected chi connectivity index (χ4v) is 1.16. The van der Waals surface area contributed by atoms with Gasteiger partial charge in [-0.2, -0.15) is 0 Å². The zero-order valence-electron chi connectivity index (χ0n) is 10.2. The Morgan fingerprint density at radius 3 is 2.94 bits per heavy atom. The van der Waals surface area contributed by atoms with Crippen LogP contribution in [-0.2, 0) is 17.9 Å². The van der Waals surface area contributed by atoms with Crippen LogP contribution in [0.2, 0.25) is 0 Å². The van der Waals surface area contributed by atoms with Crippen molar-refractivity contribution >= 4 is 5.91 Å². The molecule has 17 heavy (non-hydrogen) atoms. The lowest BCUT2D eigenvalue weighted by molar-refractivity contribution is -0.123. The number of primary amides is 1. The van der Waals surface area contributed by atoms with E-state index in [-0.39, 0.29) is 6.61 Å². The Kier molecular flexibility index (Phi) is 4.59. The van der Waals surface area contributed by atoms with Gasteiger partial charge in [-0.1, -0.05) is 5.21 Å². The lowest BCUT2D eigenvalue weighted by Crippen LogP contribution is -2.50. The van der Waals surface area contributed by atoms with Crippen LogP contribution >= 0.6 is 0 Å². The molecule has 1 heterocycles. The van der Waals surface area contributed by atoms with E-state index in [1.807, 2.05) is 0 Å². The lowest BCUT2D eigenvalue weighted by atomic mass is 10.1. The second-order valence-corrected chi connectivity index (χ2v) is 4.39. The minimum atomic E-state index is -0.769.